The molecule has 4 aromatic heterocycles. The molecule has 0 saturated carbocycles. The molecule has 196 valence electrons. The van der Waals surface area contributed by atoms with E-state index >= 15 is 0 Å². The predicted octanol–water partition coefficient (Wildman–Crippen LogP) is 10.3. The van der Waals surface area contributed by atoms with Gasteiger partial charge in [-0.25, -0.2) is 0 Å². The number of nitrogens with zero attached hydrogens (tertiary/aromatic N) is 1. The number of hydrogen-bond acceptors (Lipinski definition) is 2. The van der Waals surface area contributed by atoms with Crippen molar-refractivity contribution in [2.45, 2.75) is 13.1 Å². The second-order valence-corrected chi connectivity index (χ2v) is 14.3. The summed E-state index contributed by atoms with van der Waals surface area (Å²) in [5, 5.41) is 10.9. The fourth-order valence-corrected chi connectivity index (χ4v) is 8.05. The van der Waals surface area contributed by atoms with Crippen LogP contribution in [0.1, 0.15) is 0 Å². The summed E-state index contributed by atoms with van der Waals surface area (Å²) in [5.74, 6) is 0. The zero-order chi connectivity index (χ0) is 27.7. The van der Waals surface area contributed by atoms with E-state index in [2.05, 4.69) is 115 Å². The lowest BCUT2D eigenvalue weighted by molar-refractivity contribution is 0.670. The summed E-state index contributed by atoms with van der Waals surface area (Å²) < 4.78 is 15.7. The van der Waals surface area contributed by atoms with Crippen LogP contribution in [0.25, 0.3) is 93.1 Å². The van der Waals surface area contributed by atoms with Crippen LogP contribution in [0.2, 0.25) is 13.1 Å². The van der Waals surface area contributed by atoms with E-state index in [1.54, 1.807) is 0 Å². The van der Waals surface area contributed by atoms with Gasteiger partial charge in [0.05, 0.1) is 34.8 Å². The van der Waals surface area contributed by atoms with Gasteiger partial charge in [-0.05, 0) is 59.7 Å². The molecule has 0 N–H and O–H groups in total. The molecule has 0 fully saturated rings. The van der Waals surface area contributed by atoms with E-state index in [9.17, 15) is 0 Å². The number of hydrogen-bond donors (Lipinski definition) is 0. The molecule has 0 saturated heterocycles. The molecule has 3 nitrogen and oxygen atoms in total. The Morgan fingerprint density at radius 2 is 0.952 bits per heavy atom. The standard InChI is InChI=1S/C38H24NO2Si/c1-42(2)23-13-11-21(12-14-23)22-19-30-26-15-17-28-24-7-3-5-9-32(24)40-37(28)35(26)39-34(30)31(20-22)27-16-18-29-25-8-4-6-10-33(25)41-38(29)36(27)39/h3-20H,1-2H3/q+1. The molecule has 0 unspecified atom stereocenters. The van der Waals surface area contributed by atoms with Gasteiger partial charge in [0.1, 0.15) is 11.2 Å². The van der Waals surface area contributed by atoms with Crippen molar-refractivity contribution in [2.24, 2.45) is 0 Å². The lowest BCUT2D eigenvalue weighted by atomic mass is 9.98. The smallest absolute Gasteiger partial charge is 0.345 e. The highest BCUT2D eigenvalue weighted by Crippen LogP contribution is 2.47. The summed E-state index contributed by atoms with van der Waals surface area (Å²) in [6.45, 7) is 4.69. The highest BCUT2D eigenvalue weighted by Gasteiger charge is 2.25. The number of fused-ring (bicyclic) bond motifs is 14. The maximum atomic E-state index is 6.65. The summed E-state index contributed by atoms with van der Waals surface area (Å²) >= 11 is 0. The molecule has 0 atom stereocenters. The van der Waals surface area contributed by atoms with Crippen LogP contribution >= 0.6 is 0 Å². The molecule has 10 aromatic rings. The van der Waals surface area contributed by atoms with Gasteiger partial charge in [0.25, 0.3) is 0 Å². The first kappa shape index (κ1) is 22.6. The van der Waals surface area contributed by atoms with Crippen molar-refractivity contribution in [1.29, 1.82) is 0 Å². The van der Waals surface area contributed by atoms with Crippen LogP contribution in [0.3, 0.4) is 0 Å². The Bertz CT molecular complexity index is 2550. The van der Waals surface area contributed by atoms with Crippen molar-refractivity contribution in [3.63, 3.8) is 0 Å². The van der Waals surface area contributed by atoms with E-state index in [-0.39, 0.29) is 0 Å². The predicted molar refractivity (Wildman–Crippen MR) is 178 cm³/mol. The van der Waals surface area contributed by atoms with Gasteiger partial charge in [0.2, 0.25) is 0 Å². The highest BCUT2D eigenvalue weighted by atomic mass is 28.3. The van der Waals surface area contributed by atoms with E-state index in [1.807, 2.05) is 12.1 Å². The van der Waals surface area contributed by atoms with Crippen LogP contribution in [0.5, 0.6) is 0 Å². The third kappa shape index (κ3) is 2.75. The quantitative estimate of drug-likeness (QED) is 0.199. The monoisotopic (exact) mass is 554 g/mol. The SMILES string of the molecule is C[Si+](C)c1ccc(-c2cc3c4ccc5c6ccccc6oc5c4n4c3c(c2)c2ccc3c5ccccc5oc3c24)cc1. The Balaban J connectivity index is 1.44. The Hall–Kier alpha value is -5.06. The average Bonchev–Trinajstić information content (AvgIpc) is 3.76. The van der Waals surface area contributed by atoms with Crippen LogP contribution in [-0.2, 0) is 0 Å². The second kappa shape index (κ2) is 7.81. The van der Waals surface area contributed by atoms with Crippen LogP contribution in [-0.4, -0.2) is 13.2 Å². The zero-order valence-electron chi connectivity index (χ0n) is 23.2. The van der Waals surface area contributed by atoms with Gasteiger partial charge < -0.3 is 13.2 Å². The van der Waals surface area contributed by atoms with Gasteiger partial charge in [-0.2, -0.15) is 0 Å². The van der Waals surface area contributed by atoms with Gasteiger partial charge in [0, 0.05) is 43.1 Å². The molecule has 0 amide bonds. The summed E-state index contributed by atoms with van der Waals surface area (Å²) in [6.07, 6.45) is 0. The van der Waals surface area contributed by atoms with Crippen molar-refractivity contribution in [1.82, 2.24) is 4.40 Å². The third-order valence-electron chi connectivity index (χ3n) is 9.20. The largest absolute Gasteiger partial charge is 0.454 e. The lowest BCUT2D eigenvalue weighted by Gasteiger charge is -2.05. The van der Waals surface area contributed by atoms with E-state index in [0.29, 0.717) is 0 Å². The topological polar surface area (TPSA) is 30.7 Å². The lowest BCUT2D eigenvalue weighted by Crippen LogP contribution is -2.21. The van der Waals surface area contributed by atoms with E-state index in [0.717, 1.165) is 54.9 Å². The van der Waals surface area contributed by atoms with Crippen molar-refractivity contribution in [3.8, 4) is 11.1 Å². The molecular formula is C38H24NO2Si+. The number of rotatable bonds is 2. The molecule has 0 aliphatic carbocycles. The van der Waals surface area contributed by atoms with Gasteiger partial charge in [-0.15, -0.1) is 0 Å². The molecule has 4 heteroatoms. The van der Waals surface area contributed by atoms with Crippen LogP contribution < -0.4 is 5.19 Å². The molecule has 42 heavy (non-hydrogen) atoms. The maximum absolute atomic E-state index is 6.65. The molecule has 6 aromatic carbocycles. The number of benzene rings is 6. The molecule has 10 rings (SSSR count). The first-order valence-electron chi connectivity index (χ1n) is 14.4. The molecule has 0 bridgehead atoms. The summed E-state index contributed by atoms with van der Waals surface area (Å²) in [6, 6.07) is 39.6. The Morgan fingerprint density at radius 3 is 1.48 bits per heavy atom. The summed E-state index contributed by atoms with van der Waals surface area (Å²) in [5.41, 5.74) is 9.54. The first-order valence-corrected chi connectivity index (χ1v) is 16.9. The first-order chi connectivity index (χ1) is 20.7. The van der Waals surface area contributed by atoms with E-state index < -0.39 is 8.80 Å². The minimum Gasteiger partial charge on any atom is -0.454 e. The Morgan fingerprint density at radius 1 is 0.452 bits per heavy atom. The van der Waals surface area contributed by atoms with Crippen LogP contribution in [0.15, 0.2) is 118 Å². The number of para-hydroxylation sites is 2. The minimum atomic E-state index is -0.495. The van der Waals surface area contributed by atoms with Crippen molar-refractivity contribution in [3.05, 3.63) is 109 Å². The minimum absolute atomic E-state index is 0.495. The van der Waals surface area contributed by atoms with E-state index in [4.69, 9.17) is 8.83 Å². The normalized spacial score (nSPS) is 12.5. The Labute approximate surface area is 242 Å². The number of aromatic nitrogens is 1. The van der Waals surface area contributed by atoms with Crippen LogP contribution in [0, 0.1) is 0 Å². The zero-order valence-corrected chi connectivity index (χ0v) is 24.2. The van der Waals surface area contributed by atoms with Gasteiger partial charge >= 0.3 is 8.80 Å². The van der Waals surface area contributed by atoms with E-state index in [1.165, 1.54) is 43.4 Å². The van der Waals surface area contributed by atoms with Crippen molar-refractivity contribution < 1.29 is 8.83 Å². The average molecular weight is 555 g/mol. The molecule has 0 aliphatic rings. The third-order valence-corrected chi connectivity index (χ3v) is 10.7. The molecule has 0 radical (unpaired) electrons. The number of furan rings is 2. The van der Waals surface area contributed by atoms with Crippen molar-refractivity contribution in [2.75, 3.05) is 0 Å². The van der Waals surface area contributed by atoms with Crippen molar-refractivity contribution >= 4 is 96.0 Å². The fraction of sp³-hybridized carbons (Fsp3) is 0.0526. The molecule has 4 heterocycles. The van der Waals surface area contributed by atoms with Gasteiger partial charge in [-0.3, -0.25) is 0 Å². The Kier molecular flexibility index (Phi) is 4.20. The maximum Gasteiger partial charge on any atom is 0.345 e. The molecular weight excluding hydrogens is 531 g/mol. The summed E-state index contributed by atoms with van der Waals surface area (Å²) in [7, 11) is -0.495. The van der Waals surface area contributed by atoms with Gasteiger partial charge in [0.15, 0.2) is 11.2 Å². The fourth-order valence-electron chi connectivity index (χ4n) is 7.21. The second-order valence-electron chi connectivity index (χ2n) is 11.7. The highest BCUT2D eigenvalue weighted by molar-refractivity contribution is 6.70. The molecule has 0 aliphatic heterocycles. The summed E-state index contributed by atoms with van der Waals surface area (Å²) in [4.78, 5) is 0. The van der Waals surface area contributed by atoms with Gasteiger partial charge in [-0.1, -0.05) is 60.7 Å². The molecule has 0 spiro atoms. The van der Waals surface area contributed by atoms with Crippen LogP contribution in [0.4, 0.5) is 0 Å².